The Bertz CT molecular complexity index is 751. The molecule has 0 aromatic carbocycles. The Morgan fingerprint density at radius 3 is 2.68 bits per heavy atom. The Kier molecular flexibility index (Phi) is 5.29. The molecule has 0 unspecified atom stereocenters. The molecule has 1 aliphatic rings. The number of hydrogen-bond donors (Lipinski definition) is 0. The summed E-state index contributed by atoms with van der Waals surface area (Å²) < 4.78 is 2.26. The van der Waals surface area contributed by atoms with E-state index in [0.29, 0.717) is 11.5 Å². The lowest BCUT2D eigenvalue weighted by Crippen LogP contribution is -2.34. The predicted octanol–water partition coefficient (Wildman–Crippen LogP) is 2.01. The fourth-order valence-electron chi connectivity index (χ4n) is 3.42. The number of pyridine rings is 1. The lowest BCUT2D eigenvalue weighted by Gasteiger charge is -2.32. The zero-order chi connectivity index (χ0) is 17.8. The Morgan fingerprint density at radius 1 is 1.28 bits per heavy atom. The van der Waals surface area contributed by atoms with Gasteiger partial charge in [0.25, 0.3) is 0 Å². The zero-order valence-electron chi connectivity index (χ0n) is 15.2. The van der Waals surface area contributed by atoms with Crippen LogP contribution in [0.1, 0.15) is 42.9 Å². The lowest BCUT2D eigenvalue weighted by molar-refractivity contribution is 0.377. The summed E-state index contributed by atoms with van der Waals surface area (Å²) in [6, 6.07) is 5.79. The Hall–Kier alpha value is -2.46. The highest BCUT2D eigenvalue weighted by atomic mass is 15.3. The smallest absolute Gasteiger partial charge is 0.147 e. The fraction of sp³-hybridized carbons (Fsp3) is 0.556. The first-order valence-corrected chi connectivity index (χ1v) is 8.80. The van der Waals surface area contributed by atoms with Gasteiger partial charge in [-0.3, -0.25) is 0 Å². The van der Waals surface area contributed by atoms with E-state index in [-0.39, 0.29) is 0 Å². The van der Waals surface area contributed by atoms with E-state index < -0.39 is 0 Å². The Balaban J connectivity index is 1.70. The number of piperidine rings is 1. The van der Waals surface area contributed by atoms with Crippen molar-refractivity contribution in [3.05, 3.63) is 35.5 Å². The molecule has 1 aliphatic heterocycles. The van der Waals surface area contributed by atoms with Gasteiger partial charge in [0.1, 0.15) is 17.5 Å². The van der Waals surface area contributed by atoms with Crippen LogP contribution < -0.4 is 4.90 Å². The quantitative estimate of drug-likeness (QED) is 0.829. The van der Waals surface area contributed by atoms with Crippen molar-refractivity contribution >= 4 is 5.82 Å². The molecular formula is C18H25N7. The van der Waals surface area contributed by atoms with Gasteiger partial charge in [-0.1, -0.05) is 0 Å². The molecule has 2 aromatic heterocycles. The van der Waals surface area contributed by atoms with Crippen molar-refractivity contribution in [2.45, 2.75) is 38.8 Å². The summed E-state index contributed by atoms with van der Waals surface area (Å²) in [6.45, 7) is 5.71. The standard InChI is InChI=1S/C18H25N7/c1-4-25-17(13-23(2)3)21-22-18(25)15-6-9-24(10-7-15)16-11-14(12-19)5-8-20-16/h5,8,11,15H,4,6-7,9-10,13H2,1-3H3. The third-order valence-corrected chi connectivity index (χ3v) is 4.69. The highest BCUT2D eigenvalue weighted by Crippen LogP contribution is 2.29. The molecule has 3 rings (SSSR count). The molecule has 7 nitrogen and oxygen atoms in total. The van der Waals surface area contributed by atoms with E-state index in [4.69, 9.17) is 5.26 Å². The maximum Gasteiger partial charge on any atom is 0.147 e. The Labute approximate surface area is 148 Å². The summed E-state index contributed by atoms with van der Waals surface area (Å²) in [7, 11) is 4.10. The van der Waals surface area contributed by atoms with Gasteiger partial charge in [-0.2, -0.15) is 5.26 Å². The molecule has 7 heteroatoms. The summed E-state index contributed by atoms with van der Waals surface area (Å²) in [5.74, 6) is 3.47. The molecule has 0 atom stereocenters. The van der Waals surface area contributed by atoms with Crippen LogP contribution in [-0.2, 0) is 13.1 Å². The van der Waals surface area contributed by atoms with Crippen molar-refractivity contribution < 1.29 is 0 Å². The topological polar surface area (TPSA) is 73.9 Å². The average Bonchev–Trinajstić information content (AvgIpc) is 3.03. The van der Waals surface area contributed by atoms with Gasteiger partial charge in [-0.25, -0.2) is 4.98 Å². The van der Waals surface area contributed by atoms with E-state index in [1.807, 2.05) is 6.07 Å². The lowest BCUT2D eigenvalue weighted by atomic mass is 9.95. The van der Waals surface area contributed by atoms with Crippen molar-refractivity contribution in [2.24, 2.45) is 0 Å². The van der Waals surface area contributed by atoms with Gasteiger partial charge >= 0.3 is 0 Å². The second kappa shape index (κ2) is 7.62. The number of nitrogens with zero attached hydrogens (tertiary/aromatic N) is 7. The molecule has 1 fully saturated rings. The molecule has 0 aliphatic carbocycles. The van der Waals surface area contributed by atoms with Crippen LogP contribution in [0.25, 0.3) is 0 Å². The largest absolute Gasteiger partial charge is 0.357 e. The maximum absolute atomic E-state index is 9.06. The third kappa shape index (κ3) is 3.80. The number of nitriles is 1. The van der Waals surface area contributed by atoms with Gasteiger partial charge in [-0.05, 0) is 46.0 Å². The van der Waals surface area contributed by atoms with Gasteiger partial charge in [0, 0.05) is 31.7 Å². The van der Waals surface area contributed by atoms with Crippen LogP contribution in [0, 0.1) is 11.3 Å². The van der Waals surface area contributed by atoms with Gasteiger partial charge in [0.15, 0.2) is 0 Å². The summed E-state index contributed by atoms with van der Waals surface area (Å²) in [5, 5.41) is 18.0. The van der Waals surface area contributed by atoms with Crippen molar-refractivity contribution in [3.63, 3.8) is 0 Å². The second-order valence-electron chi connectivity index (χ2n) is 6.73. The Morgan fingerprint density at radius 2 is 2.04 bits per heavy atom. The molecule has 0 radical (unpaired) electrons. The summed E-state index contributed by atoms with van der Waals surface area (Å²) in [4.78, 5) is 8.79. The molecule has 25 heavy (non-hydrogen) atoms. The van der Waals surface area contributed by atoms with Crippen LogP contribution in [-0.4, -0.2) is 51.8 Å². The molecule has 0 spiro atoms. The van der Waals surface area contributed by atoms with Gasteiger partial charge in [0.2, 0.25) is 0 Å². The van der Waals surface area contributed by atoms with Crippen molar-refractivity contribution in [3.8, 4) is 6.07 Å². The van der Waals surface area contributed by atoms with E-state index in [9.17, 15) is 0 Å². The average molecular weight is 339 g/mol. The monoisotopic (exact) mass is 339 g/mol. The van der Waals surface area contributed by atoms with Crippen LogP contribution in [0.15, 0.2) is 18.3 Å². The van der Waals surface area contributed by atoms with Gasteiger partial charge < -0.3 is 14.4 Å². The van der Waals surface area contributed by atoms with Gasteiger partial charge in [0.05, 0.1) is 18.2 Å². The minimum absolute atomic E-state index is 0.429. The highest BCUT2D eigenvalue weighted by molar-refractivity contribution is 5.45. The maximum atomic E-state index is 9.06. The highest BCUT2D eigenvalue weighted by Gasteiger charge is 2.26. The summed E-state index contributed by atoms with van der Waals surface area (Å²) >= 11 is 0. The first kappa shape index (κ1) is 17.4. The van der Waals surface area contributed by atoms with Crippen LogP contribution in [0.4, 0.5) is 5.82 Å². The minimum Gasteiger partial charge on any atom is -0.357 e. The molecule has 0 N–H and O–H groups in total. The first-order valence-electron chi connectivity index (χ1n) is 8.80. The molecule has 0 bridgehead atoms. The van der Waals surface area contributed by atoms with Crippen LogP contribution in [0.2, 0.25) is 0 Å². The first-order chi connectivity index (χ1) is 12.1. The van der Waals surface area contributed by atoms with Crippen LogP contribution >= 0.6 is 0 Å². The van der Waals surface area contributed by atoms with Crippen molar-refractivity contribution in [2.75, 3.05) is 32.1 Å². The number of rotatable bonds is 5. The van der Waals surface area contributed by atoms with Crippen molar-refractivity contribution in [1.29, 1.82) is 5.26 Å². The summed E-state index contributed by atoms with van der Waals surface area (Å²) in [5.41, 5.74) is 0.658. The van der Waals surface area contributed by atoms with E-state index in [1.165, 1.54) is 0 Å². The summed E-state index contributed by atoms with van der Waals surface area (Å²) in [6.07, 6.45) is 3.76. The minimum atomic E-state index is 0.429. The van der Waals surface area contributed by atoms with E-state index in [0.717, 1.165) is 56.5 Å². The predicted molar refractivity (Wildman–Crippen MR) is 96.2 cm³/mol. The van der Waals surface area contributed by atoms with E-state index in [1.54, 1.807) is 12.3 Å². The van der Waals surface area contributed by atoms with Gasteiger partial charge in [-0.15, -0.1) is 10.2 Å². The molecule has 132 valence electrons. The molecule has 3 heterocycles. The van der Waals surface area contributed by atoms with Crippen LogP contribution in [0.3, 0.4) is 0 Å². The molecule has 2 aromatic rings. The molecular weight excluding hydrogens is 314 g/mol. The fourth-order valence-corrected chi connectivity index (χ4v) is 3.42. The molecule has 1 saturated heterocycles. The van der Waals surface area contributed by atoms with Crippen molar-refractivity contribution in [1.82, 2.24) is 24.6 Å². The van der Waals surface area contributed by atoms with Crippen LogP contribution in [0.5, 0.6) is 0 Å². The normalized spacial score (nSPS) is 15.6. The zero-order valence-corrected chi connectivity index (χ0v) is 15.2. The second-order valence-corrected chi connectivity index (χ2v) is 6.73. The number of anilines is 1. The van der Waals surface area contributed by atoms with E-state index >= 15 is 0 Å². The SMILES string of the molecule is CCn1c(CN(C)C)nnc1C1CCN(c2cc(C#N)ccn2)CC1. The van der Waals surface area contributed by atoms with E-state index in [2.05, 4.69) is 56.6 Å². The number of hydrogen-bond acceptors (Lipinski definition) is 6. The third-order valence-electron chi connectivity index (χ3n) is 4.69. The molecule has 0 saturated carbocycles. The number of aromatic nitrogens is 4. The molecule has 0 amide bonds.